The number of nitrogens with zero attached hydrogens (tertiary/aromatic N) is 2. The van der Waals surface area contributed by atoms with E-state index in [9.17, 15) is 0 Å². The molecule has 1 aromatic carbocycles. The van der Waals surface area contributed by atoms with Crippen LogP contribution in [0.4, 0.5) is 0 Å². The second-order valence-electron chi connectivity index (χ2n) is 3.84. The number of hydrogen-bond acceptors (Lipinski definition) is 2. The Morgan fingerprint density at radius 3 is 2.61 bits per heavy atom. The first-order valence-electron chi connectivity index (χ1n) is 5.56. The third kappa shape index (κ3) is 4.32. The van der Waals surface area contributed by atoms with Crippen LogP contribution in [0.5, 0.6) is 5.75 Å². The van der Waals surface area contributed by atoms with Crippen molar-refractivity contribution in [2.24, 2.45) is 27.2 Å². The predicted molar refractivity (Wildman–Crippen MR) is 73.7 cm³/mol. The standard InChI is InChI=1S/C12H19N5O/c1-8-3-4-9(10(7-8)18-2)5-6-16-12(15)17-11(13)14/h3-4,7H,5-6H2,1-2H3,(H6,13,14,15,16,17). The van der Waals surface area contributed by atoms with E-state index in [-0.39, 0.29) is 11.9 Å². The fourth-order valence-electron chi connectivity index (χ4n) is 1.52. The van der Waals surface area contributed by atoms with E-state index in [1.54, 1.807) is 7.11 Å². The minimum absolute atomic E-state index is 0.0843. The number of rotatable bonds is 4. The van der Waals surface area contributed by atoms with Gasteiger partial charge in [0.25, 0.3) is 0 Å². The maximum Gasteiger partial charge on any atom is 0.218 e. The third-order valence-corrected chi connectivity index (χ3v) is 2.34. The number of aliphatic imine (C=N–C) groups is 2. The largest absolute Gasteiger partial charge is 0.496 e. The van der Waals surface area contributed by atoms with Crippen LogP contribution >= 0.6 is 0 Å². The number of aryl methyl sites for hydroxylation is 1. The molecule has 0 heterocycles. The molecule has 0 atom stereocenters. The molecule has 6 nitrogen and oxygen atoms in total. The second-order valence-corrected chi connectivity index (χ2v) is 3.84. The SMILES string of the molecule is COc1cc(C)ccc1CCN=C(N)N=C(N)N. The Bertz CT molecular complexity index is 464. The Hall–Kier alpha value is -2.24. The molecule has 0 unspecified atom stereocenters. The van der Waals surface area contributed by atoms with Crippen LogP contribution in [0.25, 0.3) is 0 Å². The first-order valence-corrected chi connectivity index (χ1v) is 5.56. The molecule has 0 spiro atoms. The van der Waals surface area contributed by atoms with Crippen LogP contribution in [0, 0.1) is 6.92 Å². The molecule has 0 radical (unpaired) electrons. The summed E-state index contributed by atoms with van der Waals surface area (Å²) in [6.45, 7) is 2.52. The van der Waals surface area contributed by atoms with Gasteiger partial charge in [-0.3, -0.25) is 4.99 Å². The topological polar surface area (TPSA) is 112 Å². The summed E-state index contributed by atoms with van der Waals surface area (Å²) >= 11 is 0. The first kappa shape index (κ1) is 13.8. The highest BCUT2D eigenvalue weighted by atomic mass is 16.5. The lowest BCUT2D eigenvalue weighted by molar-refractivity contribution is 0.409. The normalized spacial score (nSPS) is 11.1. The molecule has 0 aliphatic carbocycles. The minimum Gasteiger partial charge on any atom is -0.496 e. The number of ether oxygens (including phenoxy) is 1. The van der Waals surface area contributed by atoms with Gasteiger partial charge in [-0.2, -0.15) is 4.99 Å². The van der Waals surface area contributed by atoms with Gasteiger partial charge in [0.05, 0.1) is 7.11 Å². The van der Waals surface area contributed by atoms with E-state index in [4.69, 9.17) is 21.9 Å². The highest BCUT2D eigenvalue weighted by Gasteiger charge is 2.02. The summed E-state index contributed by atoms with van der Waals surface area (Å²) in [5.41, 5.74) is 18.1. The molecule has 0 aromatic heterocycles. The maximum absolute atomic E-state index is 5.50. The van der Waals surface area contributed by atoms with E-state index in [0.29, 0.717) is 13.0 Å². The van der Waals surface area contributed by atoms with E-state index < -0.39 is 0 Å². The van der Waals surface area contributed by atoms with Crippen LogP contribution in [-0.4, -0.2) is 25.6 Å². The van der Waals surface area contributed by atoms with Crippen LogP contribution in [0.2, 0.25) is 0 Å². The Morgan fingerprint density at radius 1 is 1.28 bits per heavy atom. The number of guanidine groups is 2. The minimum atomic E-state index is -0.0934. The predicted octanol–water partition coefficient (Wildman–Crippen LogP) is 0.134. The lowest BCUT2D eigenvalue weighted by Crippen LogP contribution is -2.26. The Kier molecular flexibility index (Phi) is 4.98. The molecular weight excluding hydrogens is 230 g/mol. The average molecular weight is 249 g/mol. The molecule has 0 aliphatic heterocycles. The molecule has 1 aromatic rings. The average Bonchev–Trinajstić information content (AvgIpc) is 2.30. The van der Waals surface area contributed by atoms with Crippen LogP contribution < -0.4 is 21.9 Å². The summed E-state index contributed by atoms with van der Waals surface area (Å²) in [6.07, 6.45) is 0.712. The Labute approximate surface area is 107 Å². The number of methoxy groups -OCH3 is 1. The van der Waals surface area contributed by atoms with Crippen molar-refractivity contribution < 1.29 is 4.74 Å². The zero-order valence-electron chi connectivity index (χ0n) is 10.7. The molecule has 98 valence electrons. The lowest BCUT2D eigenvalue weighted by atomic mass is 10.1. The van der Waals surface area contributed by atoms with Crippen molar-refractivity contribution >= 4 is 11.9 Å². The fourth-order valence-corrected chi connectivity index (χ4v) is 1.52. The van der Waals surface area contributed by atoms with E-state index in [2.05, 4.69) is 9.98 Å². The van der Waals surface area contributed by atoms with E-state index in [0.717, 1.165) is 16.9 Å². The highest BCUT2D eigenvalue weighted by Crippen LogP contribution is 2.20. The van der Waals surface area contributed by atoms with Crippen LogP contribution in [0.15, 0.2) is 28.2 Å². The lowest BCUT2D eigenvalue weighted by Gasteiger charge is -2.08. The van der Waals surface area contributed by atoms with Gasteiger partial charge in [0.2, 0.25) is 5.96 Å². The summed E-state index contributed by atoms with van der Waals surface area (Å²) in [6, 6.07) is 6.03. The van der Waals surface area contributed by atoms with Gasteiger partial charge < -0.3 is 21.9 Å². The van der Waals surface area contributed by atoms with Crippen molar-refractivity contribution in [3.63, 3.8) is 0 Å². The quantitative estimate of drug-likeness (QED) is 0.520. The van der Waals surface area contributed by atoms with Gasteiger partial charge in [-0.15, -0.1) is 0 Å². The molecule has 0 saturated heterocycles. The molecule has 0 saturated carbocycles. The third-order valence-electron chi connectivity index (χ3n) is 2.34. The van der Waals surface area contributed by atoms with Crippen LogP contribution in [0.1, 0.15) is 11.1 Å². The Balaban J connectivity index is 2.67. The van der Waals surface area contributed by atoms with E-state index in [1.165, 1.54) is 0 Å². The van der Waals surface area contributed by atoms with Crippen molar-refractivity contribution in [2.75, 3.05) is 13.7 Å². The molecule has 0 amide bonds. The zero-order valence-corrected chi connectivity index (χ0v) is 10.7. The summed E-state index contributed by atoms with van der Waals surface area (Å²) in [7, 11) is 1.65. The fraction of sp³-hybridized carbons (Fsp3) is 0.333. The van der Waals surface area contributed by atoms with Crippen molar-refractivity contribution in [2.45, 2.75) is 13.3 Å². The van der Waals surface area contributed by atoms with Gasteiger partial charge in [-0.1, -0.05) is 12.1 Å². The molecular formula is C12H19N5O. The summed E-state index contributed by atoms with van der Waals surface area (Å²) in [4.78, 5) is 7.68. The molecule has 6 heteroatoms. The second kappa shape index (κ2) is 6.48. The van der Waals surface area contributed by atoms with Gasteiger partial charge in [0.15, 0.2) is 5.96 Å². The number of hydrogen-bond donors (Lipinski definition) is 3. The molecule has 0 bridgehead atoms. The van der Waals surface area contributed by atoms with Gasteiger partial charge in [-0.05, 0) is 30.5 Å². The van der Waals surface area contributed by atoms with E-state index >= 15 is 0 Å². The van der Waals surface area contributed by atoms with Crippen LogP contribution in [-0.2, 0) is 6.42 Å². The first-order chi connectivity index (χ1) is 8.52. The van der Waals surface area contributed by atoms with Crippen molar-refractivity contribution in [1.29, 1.82) is 0 Å². The monoisotopic (exact) mass is 249 g/mol. The molecule has 0 aliphatic rings. The molecule has 18 heavy (non-hydrogen) atoms. The molecule has 0 fully saturated rings. The molecule has 1 rings (SSSR count). The number of nitrogens with two attached hydrogens (primary N) is 3. The van der Waals surface area contributed by atoms with Gasteiger partial charge >= 0.3 is 0 Å². The van der Waals surface area contributed by atoms with Gasteiger partial charge in [0.1, 0.15) is 5.75 Å². The van der Waals surface area contributed by atoms with E-state index in [1.807, 2.05) is 25.1 Å². The smallest absolute Gasteiger partial charge is 0.218 e. The zero-order chi connectivity index (χ0) is 13.5. The van der Waals surface area contributed by atoms with Crippen molar-refractivity contribution in [3.8, 4) is 5.75 Å². The highest BCUT2D eigenvalue weighted by molar-refractivity contribution is 5.92. The summed E-state index contributed by atoms with van der Waals surface area (Å²) in [5, 5.41) is 0. The van der Waals surface area contributed by atoms with Gasteiger partial charge in [-0.25, -0.2) is 0 Å². The summed E-state index contributed by atoms with van der Waals surface area (Å²) < 4.78 is 5.30. The van der Waals surface area contributed by atoms with Crippen molar-refractivity contribution in [1.82, 2.24) is 0 Å². The molecule has 6 N–H and O–H groups in total. The Morgan fingerprint density at radius 2 is 2.00 bits per heavy atom. The van der Waals surface area contributed by atoms with Crippen molar-refractivity contribution in [3.05, 3.63) is 29.3 Å². The van der Waals surface area contributed by atoms with Gasteiger partial charge in [0, 0.05) is 6.54 Å². The van der Waals surface area contributed by atoms with Crippen LogP contribution in [0.3, 0.4) is 0 Å². The maximum atomic E-state index is 5.50. The number of benzene rings is 1. The summed E-state index contributed by atoms with van der Waals surface area (Å²) in [5.74, 6) is 0.843.